The molecule has 0 aromatic rings. The van der Waals surface area contributed by atoms with E-state index in [4.69, 9.17) is 4.99 Å². The Morgan fingerprint density at radius 3 is 1.96 bits per heavy atom. The average Bonchev–Trinajstić information content (AvgIpc) is 2.76. The van der Waals surface area contributed by atoms with Crippen LogP contribution in [0.4, 0.5) is 0 Å². The number of carboxylic acid groups (broad SMARTS) is 1. The minimum Gasteiger partial charge on any atom is -0.481 e. The number of hydrogen-bond donors (Lipinski definition) is 1. The number of hydrogen-bond acceptors (Lipinski definition) is 3. The van der Waals surface area contributed by atoms with E-state index in [2.05, 4.69) is 67.2 Å². The molecule has 4 nitrogen and oxygen atoms in total. The minimum absolute atomic E-state index is 0.0120. The first-order valence-corrected chi connectivity index (χ1v) is 8.99. The number of aliphatic carboxylic acids is 1. The Hall–Kier alpha value is -1.32. The second kappa shape index (κ2) is 5.60. The molecule has 0 bridgehead atoms. The summed E-state index contributed by atoms with van der Waals surface area (Å²) >= 11 is 0. The molecule has 0 radical (unpaired) electrons. The SMILES string of the molecule is CC(C)(C)C1=NC(C(C)(C)C)C(C(C)(C)C)=C2C(C(=O)O)CCN12. The zero-order valence-corrected chi connectivity index (χ0v) is 16.8. The third-order valence-electron chi connectivity index (χ3n) is 4.92. The van der Waals surface area contributed by atoms with E-state index in [9.17, 15) is 9.90 Å². The van der Waals surface area contributed by atoms with Crippen molar-refractivity contribution in [2.75, 3.05) is 6.54 Å². The largest absolute Gasteiger partial charge is 0.481 e. The van der Waals surface area contributed by atoms with Gasteiger partial charge in [0.05, 0.1) is 12.0 Å². The van der Waals surface area contributed by atoms with Crippen molar-refractivity contribution >= 4 is 11.8 Å². The summed E-state index contributed by atoms with van der Waals surface area (Å²) in [5, 5.41) is 9.81. The highest BCUT2D eigenvalue weighted by Gasteiger charge is 2.48. The summed E-state index contributed by atoms with van der Waals surface area (Å²) < 4.78 is 0. The van der Waals surface area contributed by atoms with Gasteiger partial charge in [-0.15, -0.1) is 0 Å². The van der Waals surface area contributed by atoms with Crippen LogP contribution in [0.25, 0.3) is 0 Å². The van der Waals surface area contributed by atoms with Gasteiger partial charge in [-0.05, 0) is 22.8 Å². The van der Waals surface area contributed by atoms with Crippen molar-refractivity contribution in [3.8, 4) is 0 Å². The van der Waals surface area contributed by atoms with Gasteiger partial charge in [0, 0.05) is 17.7 Å². The molecule has 2 rings (SSSR count). The average molecular weight is 335 g/mol. The maximum Gasteiger partial charge on any atom is 0.312 e. The van der Waals surface area contributed by atoms with Crippen molar-refractivity contribution in [1.82, 2.24) is 4.90 Å². The Morgan fingerprint density at radius 2 is 1.58 bits per heavy atom. The molecule has 2 aliphatic rings. The first-order valence-electron chi connectivity index (χ1n) is 8.99. The Bertz CT molecular complexity index is 595. The molecular weight excluding hydrogens is 300 g/mol. The second-order valence-corrected chi connectivity index (χ2v) is 10.4. The van der Waals surface area contributed by atoms with E-state index in [1.165, 1.54) is 5.57 Å². The molecule has 0 aliphatic carbocycles. The van der Waals surface area contributed by atoms with Crippen LogP contribution < -0.4 is 0 Å². The van der Waals surface area contributed by atoms with Gasteiger partial charge in [-0.1, -0.05) is 62.3 Å². The van der Waals surface area contributed by atoms with Crippen LogP contribution in [0.1, 0.15) is 68.7 Å². The van der Waals surface area contributed by atoms with Crippen molar-refractivity contribution in [3.05, 3.63) is 11.3 Å². The van der Waals surface area contributed by atoms with E-state index >= 15 is 0 Å². The van der Waals surface area contributed by atoms with Crippen molar-refractivity contribution in [1.29, 1.82) is 0 Å². The quantitative estimate of drug-likeness (QED) is 0.764. The molecule has 24 heavy (non-hydrogen) atoms. The molecule has 1 N–H and O–H groups in total. The van der Waals surface area contributed by atoms with Crippen molar-refractivity contribution in [2.45, 2.75) is 74.8 Å². The molecule has 0 saturated carbocycles. The fourth-order valence-electron chi connectivity index (χ4n) is 3.91. The predicted octanol–water partition coefficient (Wildman–Crippen LogP) is 4.57. The van der Waals surface area contributed by atoms with Gasteiger partial charge in [-0.25, -0.2) is 0 Å². The Labute approximate surface area is 147 Å². The van der Waals surface area contributed by atoms with Crippen LogP contribution in [0.2, 0.25) is 0 Å². The summed E-state index contributed by atoms with van der Waals surface area (Å²) in [6.45, 7) is 20.4. The highest BCUT2D eigenvalue weighted by molar-refractivity contribution is 5.92. The van der Waals surface area contributed by atoms with E-state index in [1.54, 1.807) is 0 Å². The van der Waals surface area contributed by atoms with Crippen LogP contribution in [0.3, 0.4) is 0 Å². The van der Waals surface area contributed by atoms with Crippen molar-refractivity contribution < 1.29 is 9.90 Å². The Morgan fingerprint density at radius 1 is 1.04 bits per heavy atom. The molecule has 1 fully saturated rings. The highest BCUT2D eigenvalue weighted by Crippen LogP contribution is 2.49. The van der Waals surface area contributed by atoms with Crippen LogP contribution in [-0.4, -0.2) is 34.4 Å². The van der Waals surface area contributed by atoms with Crippen LogP contribution in [0, 0.1) is 22.2 Å². The van der Waals surface area contributed by atoms with E-state index in [1.807, 2.05) is 0 Å². The lowest BCUT2D eigenvalue weighted by molar-refractivity contribution is -0.140. The van der Waals surface area contributed by atoms with Crippen LogP contribution in [0.5, 0.6) is 0 Å². The second-order valence-electron chi connectivity index (χ2n) is 10.4. The molecule has 2 heterocycles. The van der Waals surface area contributed by atoms with E-state index in [-0.39, 0.29) is 22.3 Å². The summed E-state index contributed by atoms with van der Waals surface area (Å²) in [5.74, 6) is -0.0943. The van der Waals surface area contributed by atoms with Gasteiger partial charge in [0.2, 0.25) is 0 Å². The van der Waals surface area contributed by atoms with E-state index < -0.39 is 11.9 Å². The maximum absolute atomic E-state index is 11.9. The lowest BCUT2D eigenvalue weighted by Crippen LogP contribution is -2.47. The highest BCUT2D eigenvalue weighted by atomic mass is 16.4. The molecule has 0 spiro atoms. The van der Waals surface area contributed by atoms with Gasteiger partial charge in [0.25, 0.3) is 0 Å². The topological polar surface area (TPSA) is 52.9 Å². The Kier molecular flexibility index (Phi) is 4.44. The van der Waals surface area contributed by atoms with Crippen LogP contribution in [0.15, 0.2) is 16.3 Å². The maximum atomic E-state index is 11.9. The number of rotatable bonds is 1. The fourth-order valence-corrected chi connectivity index (χ4v) is 3.91. The molecule has 2 atom stereocenters. The smallest absolute Gasteiger partial charge is 0.312 e. The molecular formula is C20H34N2O2. The predicted molar refractivity (Wildman–Crippen MR) is 99.1 cm³/mol. The van der Waals surface area contributed by atoms with Gasteiger partial charge in [0.15, 0.2) is 0 Å². The third kappa shape index (κ3) is 3.25. The third-order valence-corrected chi connectivity index (χ3v) is 4.92. The Balaban J connectivity index is 2.77. The molecule has 136 valence electrons. The van der Waals surface area contributed by atoms with E-state index in [0.29, 0.717) is 6.42 Å². The zero-order valence-electron chi connectivity index (χ0n) is 16.8. The summed E-state index contributed by atoms with van der Waals surface area (Å²) in [6, 6.07) is 0.0120. The summed E-state index contributed by atoms with van der Waals surface area (Å²) in [7, 11) is 0. The van der Waals surface area contributed by atoms with E-state index in [0.717, 1.165) is 18.1 Å². The summed E-state index contributed by atoms with van der Waals surface area (Å²) in [6.07, 6.45) is 0.663. The first kappa shape index (κ1) is 19.0. The normalized spacial score (nSPS) is 25.7. The first-order chi connectivity index (χ1) is 10.7. The lowest BCUT2D eigenvalue weighted by atomic mass is 9.69. The summed E-state index contributed by atoms with van der Waals surface area (Å²) in [5.41, 5.74) is 1.94. The van der Waals surface area contributed by atoms with Crippen LogP contribution in [-0.2, 0) is 4.79 Å². The molecule has 2 aliphatic heterocycles. The standard InChI is InChI=1S/C20H34N2O2/c1-18(2,3)13-14-12(16(23)24)10-11-22(14)17(20(7,8)9)21-15(13)19(4,5)6/h12,15H,10-11H2,1-9H3,(H,23,24). The van der Waals surface area contributed by atoms with Crippen LogP contribution >= 0.6 is 0 Å². The number of fused-ring (bicyclic) bond motifs is 1. The number of carboxylic acids is 1. The molecule has 0 aromatic heterocycles. The number of nitrogens with zero attached hydrogens (tertiary/aromatic N) is 2. The van der Waals surface area contributed by atoms with Gasteiger partial charge < -0.3 is 10.0 Å². The number of carbonyl (C=O) groups is 1. The summed E-state index contributed by atoms with van der Waals surface area (Å²) in [4.78, 5) is 19.4. The molecule has 0 aromatic carbocycles. The minimum atomic E-state index is -0.711. The molecule has 0 amide bonds. The molecule has 2 unspecified atom stereocenters. The van der Waals surface area contributed by atoms with Gasteiger partial charge in [0.1, 0.15) is 5.84 Å². The molecule has 4 heteroatoms. The molecule has 1 saturated heterocycles. The van der Waals surface area contributed by atoms with Gasteiger partial charge in [-0.3, -0.25) is 9.79 Å². The zero-order chi connectivity index (χ0) is 18.7. The lowest BCUT2D eigenvalue weighted by Gasteiger charge is -2.46. The fraction of sp³-hybridized carbons (Fsp3) is 0.800. The monoisotopic (exact) mass is 334 g/mol. The van der Waals surface area contributed by atoms with Crippen molar-refractivity contribution in [2.24, 2.45) is 27.2 Å². The van der Waals surface area contributed by atoms with Crippen molar-refractivity contribution in [3.63, 3.8) is 0 Å². The number of aliphatic imine (C=N–C) groups is 1. The van der Waals surface area contributed by atoms with Gasteiger partial charge >= 0.3 is 5.97 Å². The number of amidine groups is 1. The van der Waals surface area contributed by atoms with Gasteiger partial charge in [-0.2, -0.15) is 0 Å².